The van der Waals surface area contributed by atoms with Crippen molar-refractivity contribution in [3.8, 4) is 0 Å². The zero-order valence-electron chi connectivity index (χ0n) is 15.3. The van der Waals surface area contributed by atoms with E-state index in [4.69, 9.17) is 0 Å². The molecule has 1 atom stereocenters. The first-order valence-electron chi connectivity index (χ1n) is 8.70. The highest BCUT2D eigenvalue weighted by atomic mass is 19.1. The van der Waals surface area contributed by atoms with Gasteiger partial charge in [0.05, 0.1) is 16.8 Å². The van der Waals surface area contributed by atoms with E-state index in [1.165, 1.54) is 30.3 Å². The van der Waals surface area contributed by atoms with Crippen LogP contribution >= 0.6 is 0 Å². The second-order valence-electron chi connectivity index (χ2n) is 6.27. The summed E-state index contributed by atoms with van der Waals surface area (Å²) in [4.78, 5) is 50.4. The predicted octanol–water partition coefficient (Wildman–Crippen LogP) is 1.88. The molecule has 1 aliphatic rings. The monoisotopic (exact) mass is 383 g/mol. The summed E-state index contributed by atoms with van der Waals surface area (Å²) in [6.07, 6.45) is 0. The van der Waals surface area contributed by atoms with Gasteiger partial charge in [0.25, 0.3) is 17.7 Å². The van der Waals surface area contributed by atoms with E-state index < -0.39 is 29.6 Å². The van der Waals surface area contributed by atoms with E-state index in [1.54, 1.807) is 13.8 Å². The van der Waals surface area contributed by atoms with E-state index in [-0.39, 0.29) is 28.3 Å². The SMILES string of the molecule is CCNC(=O)[C@@H](C)NC(=O)c1ccc2c(c1)C(=O)N(c1ccc(F)cc1)C2=O. The first-order valence-corrected chi connectivity index (χ1v) is 8.70. The van der Waals surface area contributed by atoms with E-state index >= 15 is 0 Å². The lowest BCUT2D eigenvalue weighted by Crippen LogP contribution is -2.44. The average molecular weight is 383 g/mol. The lowest BCUT2D eigenvalue weighted by atomic mass is 10.1. The fourth-order valence-corrected chi connectivity index (χ4v) is 2.88. The molecule has 144 valence electrons. The molecule has 0 bridgehead atoms. The molecule has 0 unspecified atom stereocenters. The normalized spacial score (nSPS) is 13.9. The number of hydrogen-bond donors (Lipinski definition) is 2. The molecule has 0 saturated carbocycles. The lowest BCUT2D eigenvalue weighted by Gasteiger charge is -2.13. The molecule has 2 N–H and O–H groups in total. The van der Waals surface area contributed by atoms with Gasteiger partial charge in [0.1, 0.15) is 11.9 Å². The minimum Gasteiger partial charge on any atom is -0.355 e. The molecule has 4 amide bonds. The fourth-order valence-electron chi connectivity index (χ4n) is 2.88. The molecule has 1 aliphatic heterocycles. The number of amides is 4. The molecule has 0 aliphatic carbocycles. The van der Waals surface area contributed by atoms with Crippen LogP contribution in [0.4, 0.5) is 10.1 Å². The van der Waals surface area contributed by atoms with Crippen LogP contribution in [-0.2, 0) is 4.79 Å². The molecular formula is C20H18FN3O4. The smallest absolute Gasteiger partial charge is 0.266 e. The third-order valence-corrected chi connectivity index (χ3v) is 4.33. The van der Waals surface area contributed by atoms with Crippen LogP contribution in [-0.4, -0.2) is 36.2 Å². The van der Waals surface area contributed by atoms with E-state index in [2.05, 4.69) is 10.6 Å². The van der Waals surface area contributed by atoms with Gasteiger partial charge in [0.15, 0.2) is 0 Å². The minimum atomic E-state index is -0.756. The number of likely N-dealkylation sites (N-methyl/N-ethyl adjacent to an activating group) is 1. The van der Waals surface area contributed by atoms with Crippen molar-refractivity contribution in [3.63, 3.8) is 0 Å². The zero-order chi connectivity index (χ0) is 20.4. The van der Waals surface area contributed by atoms with Crippen LogP contribution in [0.3, 0.4) is 0 Å². The number of fused-ring (bicyclic) bond motifs is 1. The van der Waals surface area contributed by atoms with Gasteiger partial charge in [-0.05, 0) is 56.3 Å². The van der Waals surface area contributed by atoms with Gasteiger partial charge < -0.3 is 10.6 Å². The maximum Gasteiger partial charge on any atom is 0.266 e. The van der Waals surface area contributed by atoms with Gasteiger partial charge in [-0.2, -0.15) is 0 Å². The van der Waals surface area contributed by atoms with Crippen molar-refractivity contribution in [1.82, 2.24) is 10.6 Å². The van der Waals surface area contributed by atoms with Gasteiger partial charge in [-0.1, -0.05) is 0 Å². The van der Waals surface area contributed by atoms with Gasteiger partial charge >= 0.3 is 0 Å². The third-order valence-electron chi connectivity index (χ3n) is 4.33. The Morgan fingerprint density at radius 2 is 1.68 bits per heavy atom. The van der Waals surface area contributed by atoms with Gasteiger partial charge in [0, 0.05) is 12.1 Å². The summed E-state index contributed by atoms with van der Waals surface area (Å²) in [6, 6.07) is 8.34. The van der Waals surface area contributed by atoms with Crippen LogP contribution in [0.1, 0.15) is 44.9 Å². The van der Waals surface area contributed by atoms with E-state index in [9.17, 15) is 23.6 Å². The van der Waals surface area contributed by atoms with E-state index in [0.717, 1.165) is 17.0 Å². The Morgan fingerprint density at radius 3 is 2.32 bits per heavy atom. The number of carbonyl (C=O) groups is 4. The van der Waals surface area contributed by atoms with Crippen molar-refractivity contribution in [2.75, 3.05) is 11.4 Å². The van der Waals surface area contributed by atoms with Crippen molar-refractivity contribution in [2.24, 2.45) is 0 Å². The fraction of sp³-hybridized carbons (Fsp3) is 0.200. The lowest BCUT2D eigenvalue weighted by molar-refractivity contribution is -0.122. The summed E-state index contributed by atoms with van der Waals surface area (Å²) in [7, 11) is 0. The van der Waals surface area contributed by atoms with Crippen LogP contribution in [0.25, 0.3) is 0 Å². The molecule has 0 spiro atoms. The van der Waals surface area contributed by atoms with Gasteiger partial charge in [-0.3, -0.25) is 19.2 Å². The van der Waals surface area contributed by atoms with E-state index in [1.807, 2.05) is 0 Å². The molecule has 3 rings (SSSR count). The Kier molecular flexibility index (Phi) is 5.21. The number of benzene rings is 2. The van der Waals surface area contributed by atoms with Crippen molar-refractivity contribution >= 4 is 29.3 Å². The average Bonchev–Trinajstić information content (AvgIpc) is 2.93. The number of rotatable bonds is 5. The topological polar surface area (TPSA) is 95.6 Å². The van der Waals surface area contributed by atoms with E-state index in [0.29, 0.717) is 6.54 Å². The van der Waals surface area contributed by atoms with Crippen LogP contribution < -0.4 is 15.5 Å². The number of anilines is 1. The molecule has 0 radical (unpaired) electrons. The van der Waals surface area contributed by atoms with Crippen molar-refractivity contribution < 1.29 is 23.6 Å². The Bertz CT molecular complexity index is 972. The van der Waals surface area contributed by atoms with Crippen LogP contribution in [0.5, 0.6) is 0 Å². The second-order valence-corrected chi connectivity index (χ2v) is 6.27. The molecule has 2 aromatic rings. The third kappa shape index (κ3) is 3.48. The highest BCUT2D eigenvalue weighted by Gasteiger charge is 2.37. The number of imide groups is 1. The van der Waals surface area contributed by atoms with Crippen molar-refractivity contribution in [3.05, 3.63) is 65.0 Å². The molecule has 28 heavy (non-hydrogen) atoms. The van der Waals surface area contributed by atoms with Gasteiger partial charge in [-0.15, -0.1) is 0 Å². The van der Waals surface area contributed by atoms with Crippen LogP contribution in [0.15, 0.2) is 42.5 Å². The quantitative estimate of drug-likeness (QED) is 0.771. The molecule has 8 heteroatoms. The maximum absolute atomic E-state index is 13.1. The van der Waals surface area contributed by atoms with Crippen molar-refractivity contribution in [2.45, 2.75) is 19.9 Å². The zero-order valence-corrected chi connectivity index (χ0v) is 15.3. The van der Waals surface area contributed by atoms with Crippen LogP contribution in [0.2, 0.25) is 0 Å². The first kappa shape index (κ1) is 19.2. The summed E-state index contributed by atoms with van der Waals surface area (Å²) in [5.74, 6) is -2.50. The molecule has 0 saturated heterocycles. The van der Waals surface area contributed by atoms with Gasteiger partial charge in [0.2, 0.25) is 5.91 Å². The van der Waals surface area contributed by atoms with Crippen LogP contribution in [0, 0.1) is 5.82 Å². The number of halogens is 1. The Hall–Kier alpha value is -3.55. The first-order chi connectivity index (χ1) is 13.3. The summed E-state index contributed by atoms with van der Waals surface area (Å²) in [5.41, 5.74) is 0.621. The largest absolute Gasteiger partial charge is 0.355 e. The molecule has 0 fully saturated rings. The second kappa shape index (κ2) is 7.59. The molecule has 1 heterocycles. The molecule has 7 nitrogen and oxygen atoms in total. The summed E-state index contributed by atoms with van der Waals surface area (Å²) in [6.45, 7) is 3.75. The summed E-state index contributed by atoms with van der Waals surface area (Å²) >= 11 is 0. The number of nitrogens with zero attached hydrogens (tertiary/aromatic N) is 1. The predicted molar refractivity (Wildman–Crippen MR) is 99.6 cm³/mol. The minimum absolute atomic E-state index is 0.0765. The summed E-state index contributed by atoms with van der Waals surface area (Å²) < 4.78 is 13.1. The van der Waals surface area contributed by atoms with Crippen molar-refractivity contribution in [1.29, 1.82) is 0 Å². The Labute approximate surface area is 160 Å². The highest BCUT2D eigenvalue weighted by molar-refractivity contribution is 6.34. The molecule has 0 aromatic heterocycles. The Balaban J connectivity index is 1.84. The number of carbonyl (C=O) groups excluding carboxylic acids is 4. The highest BCUT2D eigenvalue weighted by Crippen LogP contribution is 2.29. The number of nitrogens with one attached hydrogen (secondary N) is 2. The molecule has 2 aromatic carbocycles. The van der Waals surface area contributed by atoms with Gasteiger partial charge in [-0.25, -0.2) is 9.29 Å². The maximum atomic E-state index is 13.1. The molecular weight excluding hydrogens is 365 g/mol. The number of hydrogen-bond acceptors (Lipinski definition) is 4. The summed E-state index contributed by atoms with van der Waals surface area (Å²) in [5, 5.41) is 5.14. The Morgan fingerprint density at radius 1 is 1.04 bits per heavy atom. The standard InChI is InChI=1S/C20H18FN3O4/c1-3-22-17(25)11(2)23-18(26)12-4-9-15-16(10-12)20(28)24(19(15)27)14-7-5-13(21)6-8-14/h4-11H,3H2,1-2H3,(H,22,25)(H,23,26)/t11-/m1/s1.